The van der Waals surface area contributed by atoms with Gasteiger partial charge in [-0.1, -0.05) is 0 Å². The molecule has 1 atom stereocenters. The average molecular weight is 242 g/mol. The molecule has 6 heteroatoms. The maximum atomic E-state index is 11.5. The van der Waals surface area contributed by atoms with Crippen LogP contribution in [0.4, 0.5) is 5.69 Å². The molecule has 0 fully saturated rings. The molecule has 1 unspecified atom stereocenters. The molecule has 0 aliphatic heterocycles. The van der Waals surface area contributed by atoms with Gasteiger partial charge in [0, 0.05) is 34.9 Å². The fourth-order valence-corrected chi connectivity index (χ4v) is 1.48. The molecule has 0 saturated carbocycles. The van der Waals surface area contributed by atoms with Gasteiger partial charge in [-0.15, -0.1) is 0 Å². The molecule has 0 bridgehead atoms. The Bertz CT molecular complexity index is 421. The molecule has 0 spiro atoms. The molecule has 0 saturated heterocycles. The van der Waals surface area contributed by atoms with Crippen molar-refractivity contribution in [3.63, 3.8) is 0 Å². The lowest BCUT2D eigenvalue weighted by Gasteiger charge is -2.05. The third-order valence-electron chi connectivity index (χ3n) is 1.97. The number of benzene rings is 1. The Balaban J connectivity index is 2.59. The maximum Gasteiger partial charge on any atom is 0.251 e. The molecule has 0 aliphatic rings. The summed E-state index contributed by atoms with van der Waals surface area (Å²) in [6.07, 6.45) is 1.57. The van der Waals surface area contributed by atoms with E-state index in [1.165, 1.54) is 18.2 Å². The Kier molecular flexibility index (Phi) is 4.30. The predicted octanol–water partition coefficient (Wildman–Crippen LogP) is 0.0827. The number of phenols is 1. The summed E-state index contributed by atoms with van der Waals surface area (Å²) in [5, 5.41) is 11.9. The highest BCUT2D eigenvalue weighted by Gasteiger charge is 2.07. The van der Waals surface area contributed by atoms with Gasteiger partial charge in [0.15, 0.2) is 0 Å². The molecular weight excluding hydrogens is 228 g/mol. The van der Waals surface area contributed by atoms with Crippen molar-refractivity contribution in [2.24, 2.45) is 0 Å². The van der Waals surface area contributed by atoms with E-state index in [2.05, 4.69) is 5.32 Å². The molecule has 0 radical (unpaired) electrons. The Morgan fingerprint density at radius 2 is 2.25 bits per heavy atom. The number of carbonyl (C=O) groups excluding carboxylic acids is 1. The third kappa shape index (κ3) is 3.54. The van der Waals surface area contributed by atoms with Crippen LogP contribution in [0, 0.1) is 0 Å². The molecule has 1 aromatic rings. The van der Waals surface area contributed by atoms with Crippen LogP contribution in [-0.2, 0) is 10.8 Å². The Morgan fingerprint density at radius 1 is 1.56 bits per heavy atom. The molecule has 0 heterocycles. The van der Waals surface area contributed by atoms with E-state index >= 15 is 0 Å². The molecule has 4 N–H and O–H groups in total. The number of rotatable bonds is 4. The number of phenolic OH excluding ortho intramolecular Hbond substituents is 1. The first-order chi connectivity index (χ1) is 7.50. The molecule has 88 valence electrons. The number of hydrogen-bond donors (Lipinski definition) is 3. The fraction of sp³-hybridized carbons (Fsp3) is 0.300. The lowest BCUT2D eigenvalue weighted by Crippen LogP contribution is -2.27. The first kappa shape index (κ1) is 12.5. The van der Waals surface area contributed by atoms with Gasteiger partial charge in [-0.3, -0.25) is 9.00 Å². The predicted molar refractivity (Wildman–Crippen MR) is 63.8 cm³/mol. The summed E-state index contributed by atoms with van der Waals surface area (Å²) >= 11 is 0. The van der Waals surface area contributed by atoms with Crippen LogP contribution in [0.5, 0.6) is 5.75 Å². The Labute approximate surface area is 96.1 Å². The van der Waals surface area contributed by atoms with Crippen LogP contribution in [0.3, 0.4) is 0 Å². The first-order valence-corrected chi connectivity index (χ1v) is 6.40. The van der Waals surface area contributed by atoms with Gasteiger partial charge in [-0.05, 0) is 18.2 Å². The van der Waals surface area contributed by atoms with Crippen molar-refractivity contribution in [2.75, 3.05) is 24.3 Å². The van der Waals surface area contributed by atoms with Crippen LogP contribution >= 0.6 is 0 Å². The number of nitrogens with one attached hydrogen (secondary N) is 1. The lowest BCUT2D eigenvalue weighted by molar-refractivity contribution is 0.0956. The van der Waals surface area contributed by atoms with Gasteiger partial charge in [0.05, 0.1) is 5.69 Å². The van der Waals surface area contributed by atoms with E-state index in [0.29, 0.717) is 17.9 Å². The minimum absolute atomic E-state index is 0.119. The molecule has 0 aliphatic carbocycles. The highest BCUT2D eigenvalue weighted by atomic mass is 32.2. The molecular formula is C10H14N2O3S. The normalized spacial score (nSPS) is 12.1. The third-order valence-corrected chi connectivity index (χ3v) is 2.75. The zero-order chi connectivity index (χ0) is 12.1. The van der Waals surface area contributed by atoms with Crippen molar-refractivity contribution >= 4 is 22.4 Å². The van der Waals surface area contributed by atoms with Crippen LogP contribution in [0.2, 0.25) is 0 Å². The first-order valence-electron chi connectivity index (χ1n) is 4.67. The van der Waals surface area contributed by atoms with Crippen LogP contribution < -0.4 is 11.1 Å². The summed E-state index contributed by atoms with van der Waals surface area (Å²) in [4.78, 5) is 11.5. The van der Waals surface area contributed by atoms with Gasteiger partial charge in [0.1, 0.15) is 5.75 Å². The van der Waals surface area contributed by atoms with Crippen LogP contribution in [-0.4, -0.2) is 33.8 Å². The lowest BCUT2D eigenvalue weighted by atomic mass is 10.2. The summed E-state index contributed by atoms with van der Waals surface area (Å²) < 4.78 is 10.8. The minimum Gasteiger partial charge on any atom is -0.506 e. The average Bonchev–Trinajstić information content (AvgIpc) is 2.21. The van der Waals surface area contributed by atoms with E-state index in [1.54, 1.807) is 6.26 Å². The molecule has 1 rings (SSSR count). The number of nitrogen functional groups attached to an aromatic ring is 1. The van der Waals surface area contributed by atoms with E-state index in [1.807, 2.05) is 0 Å². The Morgan fingerprint density at radius 3 is 2.81 bits per heavy atom. The van der Waals surface area contributed by atoms with Crippen LogP contribution in [0.1, 0.15) is 10.4 Å². The van der Waals surface area contributed by atoms with Crippen molar-refractivity contribution in [3.8, 4) is 5.75 Å². The van der Waals surface area contributed by atoms with Crippen molar-refractivity contribution < 1.29 is 14.1 Å². The van der Waals surface area contributed by atoms with Crippen molar-refractivity contribution in [3.05, 3.63) is 23.8 Å². The van der Waals surface area contributed by atoms with Gasteiger partial charge < -0.3 is 16.2 Å². The van der Waals surface area contributed by atoms with Crippen molar-refractivity contribution in [1.29, 1.82) is 0 Å². The van der Waals surface area contributed by atoms with E-state index in [4.69, 9.17) is 5.73 Å². The topological polar surface area (TPSA) is 92.4 Å². The van der Waals surface area contributed by atoms with Gasteiger partial charge >= 0.3 is 0 Å². The molecule has 5 nitrogen and oxygen atoms in total. The number of nitrogens with two attached hydrogens (primary N) is 1. The largest absolute Gasteiger partial charge is 0.506 e. The molecule has 1 aromatic carbocycles. The summed E-state index contributed by atoms with van der Waals surface area (Å²) in [7, 11) is -0.931. The molecule has 0 aromatic heterocycles. The van der Waals surface area contributed by atoms with E-state index in [-0.39, 0.29) is 17.3 Å². The van der Waals surface area contributed by atoms with Crippen molar-refractivity contribution in [2.45, 2.75) is 0 Å². The number of amides is 1. The SMILES string of the molecule is CS(=O)CCNC(=O)c1ccc(N)c(O)c1. The second kappa shape index (κ2) is 5.50. The quantitative estimate of drug-likeness (QED) is 0.515. The highest BCUT2D eigenvalue weighted by Crippen LogP contribution is 2.20. The summed E-state index contributed by atoms with van der Waals surface area (Å²) in [5.74, 6) is -0.0281. The second-order valence-electron chi connectivity index (χ2n) is 3.31. The van der Waals surface area contributed by atoms with Gasteiger partial charge in [0.25, 0.3) is 5.91 Å². The summed E-state index contributed by atoms with van der Waals surface area (Å²) in [6.45, 7) is 0.340. The van der Waals surface area contributed by atoms with Crippen molar-refractivity contribution in [1.82, 2.24) is 5.32 Å². The van der Waals surface area contributed by atoms with Gasteiger partial charge in [-0.25, -0.2) is 0 Å². The number of aromatic hydroxyl groups is 1. The highest BCUT2D eigenvalue weighted by molar-refractivity contribution is 7.84. The minimum atomic E-state index is -0.931. The number of anilines is 1. The summed E-state index contributed by atoms with van der Waals surface area (Å²) in [5.41, 5.74) is 5.96. The number of carbonyl (C=O) groups is 1. The maximum absolute atomic E-state index is 11.5. The standard InChI is InChI=1S/C10H14N2O3S/c1-16(15)5-4-12-10(14)7-2-3-8(11)9(13)6-7/h2-3,6,13H,4-5,11H2,1H3,(H,12,14). The van der Waals surface area contributed by atoms with Gasteiger partial charge in [-0.2, -0.15) is 0 Å². The zero-order valence-corrected chi connectivity index (χ0v) is 9.71. The van der Waals surface area contributed by atoms with Crippen LogP contribution in [0.15, 0.2) is 18.2 Å². The molecule has 1 amide bonds. The van der Waals surface area contributed by atoms with Gasteiger partial charge in [0.2, 0.25) is 0 Å². The monoisotopic (exact) mass is 242 g/mol. The summed E-state index contributed by atoms with van der Waals surface area (Å²) in [6, 6.07) is 4.28. The smallest absolute Gasteiger partial charge is 0.251 e. The Hall–Kier alpha value is -1.56. The van der Waals surface area contributed by atoms with E-state index < -0.39 is 10.8 Å². The second-order valence-corrected chi connectivity index (χ2v) is 4.86. The number of hydrogen-bond acceptors (Lipinski definition) is 4. The zero-order valence-electron chi connectivity index (χ0n) is 8.90. The van der Waals surface area contributed by atoms with E-state index in [0.717, 1.165) is 0 Å². The van der Waals surface area contributed by atoms with Crippen LogP contribution in [0.25, 0.3) is 0 Å². The fourth-order valence-electron chi connectivity index (χ4n) is 1.10. The molecule has 16 heavy (non-hydrogen) atoms. The van der Waals surface area contributed by atoms with E-state index in [9.17, 15) is 14.1 Å².